The fraction of sp³-hybridized carbons (Fsp3) is 0.312. The molecule has 0 aliphatic heterocycles. The van der Waals surface area contributed by atoms with Crippen molar-refractivity contribution < 1.29 is 13.2 Å². The molecule has 0 aliphatic carbocycles. The topological polar surface area (TPSA) is 55.6 Å². The fourth-order valence-electron chi connectivity index (χ4n) is 2.40. The summed E-state index contributed by atoms with van der Waals surface area (Å²) in [5.41, 5.74) is 1.12. The molecule has 0 radical (unpaired) electrons. The maximum Gasteiger partial charge on any atom is 0.416 e. The molecule has 0 bridgehead atoms. The van der Waals surface area contributed by atoms with Crippen LogP contribution < -0.4 is 5.32 Å². The molecule has 2 heterocycles. The molecule has 5 nitrogen and oxygen atoms in total. The predicted molar refractivity (Wildman–Crippen MR) is 89.7 cm³/mol. The molecule has 0 aliphatic rings. The highest BCUT2D eigenvalue weighted by Gasteiger charge is 2.29. The molecule has 3 aromatic rings. The van der Waals surface area contributed by atoms with Crippen LogP contribution in [0.5, 0.6) is 0 Å². The second-order valence-electron chi connectivity index (χ2n) is 5.51. The first-order chi connectivity index (χ1) is 11.9. The van der Waals surface area contributed by atoms with Crippen molar-refractivity contribution >= 4 is 28.6 Å². The van der Waals surface area contributed by atoms with Crippen LogP contribution >= 0.6 is 11.6 Å². The van der Waals surface area contributed by atoms with E-state index in [4.69, 9.17) is 11.6 Å². The van der Waals surface area contributed by atoms with Crippen molar-refractivity contribution in [3.05, 3.63) is 47.0 Å². The normalized spacial score (nSPS) is 11.9. The third-order valence-electron chi connectivity index (χ3n) is 3.61. The van der Waals surface area contributed by atoms with Crippen molar-refractivity contribution in [1.82, 2.24) is 19.5 Å². The molecule has 0 saturated heterocycles. The van der Waals surface area contributed by atoms with Gasteiger partial charge in [0.25, 0.3) is 0 Å². The lowest BCUT2D eigenvalue weighted by molar-refractivity contribution is -0.137. The van der Waals surface area contributed by atoms with Gasteiger partial charge in [-0.15, -0.1) is 0 Å². The number of halogens is 4. The third-order valence-corrected chi connectivity index (χ3v) is 3.78. The van der Waals surface area contributed by atoms with Crippen LogP contribution in [0, 0.1) is 0 Å². The Bertz CT molecular complexity index is 874. The van der Waals surface area contributed by atoms with Crippen LogP contribution in [0.3, 0.4) is 0 Å². The molecule has 0 atom stereocenters. The average Bonchev–Trinajstić information content (AvgIpc) is 2.95. The quantitative estimate of drug-likeness (QED) is 0.678. The Kier molecular flexibility index (Phi) is 4.80. The molecule has 0 unspecified atom stereocenters. The number of hydrogen-bond donors (Lipinski definition) is 1. The number of rotatable bonds is 5. The molecule has 25 heavy (non-hydrogen) atoms. The summed E-state index contributed by atoms with van der Waals surface area (Å²) >= 11 is 5.98. The van der Waals surface area contributed by atoms with Gasteiger partial charge in [-0.05, 0) is 35.7 Å². The lowest BCUT2D eigenvalue weighted by Gasteiger charge is -2.09. The largest absolute Gasteiger partial charge is 0.416 e. The van der Waals surface area contributed by atoms with E-state index in [9.17, 15) is 13.2 Å². The van der Waals surface area contributed by atoms with E-state index in [1.807, 2.05) is 6.92 Å². The molecule has 1 aromatic carbocycles. The van der Waals surface area contributed by atoms with Gasteiger partial charge in [0, 0.05) is 6.54 Å². The summed E-state index contributed by atoms with van der Waals surface area (Å²) < 4.78 is 39.7. The van der Waals surface area contributed by atoms with Gasteiger partial charge in [0.15, 0.2) is 17.0 Å². The van der Waals surface area contributed by atoms with Crippen LogP contribution in [0.15, 0.2) is 30.6 Å². The van der Waals surface area contributed by atoms with E-state index in [-0.39, 0.29) is 5.28 Å². The molecular formula is C16H15ClF3N5. The Morgan fingerprint density at radius 1 is 1.16 bits per heavy atom. The van der Waals surface area contributed by atoms with Gasteiger partial charge in [-0.2, -0.15) is 23.1 Å². The number of fused-ring (bicyclic) bond motifs is 1. The number of benzene rings is 1. The third kappa shape index (κ3) is 3.84. The van der Waals surface area contributed by atoms with Crippen molar-refractivity contribution in [1.29, 1.82) is 0 Å². The summed E-state index contributed by atoms with van der Waals surface area (Å²) in [5.74, 6) is 0.544. The SMILES string of the molecule is CCCNc1nc(Cl)nc2c1ncn2Cc1ccc(C(F)(F)F)cc1. The molecule has 9 heteroatoms. The zero-order valence-electron chi connectivity index (χ0n) is 13.3. The number of hydrogen-bond acceptors (Lipinski definition) is 4. The summed E-state index contributed by atoms with van der Waals surface area (Å²) in [6.07, 6.45) is -1.86. The zero-order chi connectivity index (χ0) is 18.0. The molecule has 132 valence electrons. The van der Waals surface area contributed by atoms with Crippen molar-refractivity contribution in [2.45, 2.75) is 26.1 Å². The van der Waals surface area contributed by atoms with Gasteiger partial charge < -0.3 is 9.88 Å². The van der Waals surface area contributed by atoms with Gasteiger partial charge in [-0.1, -0.05) is 19.1 Å². The minimum atomic E-state index is -4.35. The van der Waals surface area contributed by atoms with Crippen LogP contribution in [0.1, 0.15) is 24.5 Å². The maximum absolute atomic E-state index is 12.6. The molecular weight excluding hydrogens is 355 g/mol. The first kappa shape index (κ1) is 17.5. The number of aromatic nitrogens is 4. The van der Waals surface area contributed by atoms with E-state index in [1.54, 1.807) is 10.9 Å². The highest BCUT2D eigenvalue weighted by atomic mass is 35.5. The second kappa shape index (κ2) is 6.87. The van der Waals surface area contributed by atoms with E-state index < -0.39 is 11.7 Å². The molecule has 0 spiro atoms. The smallest absolute Gasteiger partial charge is 0.368 e. The van der Waals surface area contributed by atoms with E-state index in [0.29, 0.717) is 35.6 Å². The number of anilines is 1. The Balaban J connectivity index is 1.90. The molecule has 0 saturated carbocycles. The van der Waals surface area contributed by atoms with Crippen LogP contribution in [-0.2, 0) is 12.7 Å². The van der Waals surface area contributed by atoms with Crippen molar-refractivity contribution in [3.63, 3.8) is 0 Å². The Morgan fingerprint density at radius 2 is 1.88 bits per heavy atom. The van der Waals surface area contributed by atoms with Crippen LogP contribution in [-0.4, -0.2) is 26.1 Å². The summed E-state index contributed by atoms with van der Waals surface area (Å²) in [6.45, 7) is 3.07. The number of nitrogens with zero attached hydrogens (tertiary/aromatic N) is 4. The van der Waals surface area contributed by atoms with Gasteiger partial charge in [0.05, 0.1) is 18.4 Å². The first-order valence-electron chi connectivity index (χ1n) is 7.67. The van der Waals surface area contributed by atoms with Gasteiger partial charge in [-0.3, -0.25) is 0 Å². The van der Waals surface area contributed by atoms with Crippen molar-refractivity contribution in [3.8, 4) is 0 Å². The van der Waals surface area contributed by atoms with E-state index in [1.165, 1.54) is 12.1 Å². The van der Waals surface area contributed by atoms with Gasteiger partial charge in [0.2, 0.25) is 5.28 Å². The molecule has 0 fully saturated rings. The molecule has 2 aromatic heterocycles. The number of imidazole rings is 1. The summed E-state index contributed by atoms with van der Waals surface area (Å²) in [7, 11) is 0. The summed E-state index contributed by atoms with van der Waals surface area (Å²) in [4.78, 5) is 12.6. The lowest BCUT2D eigenvalue weighted by Crippen LogP contribution is -2.06. The molecule has 1 N–H and O–H groups in total. The van der Waals surface area contributed by atoms with Crippen LogP contribution in [0.4, 0.5) is 19.0 Å². The van der Waals surface area contributed by atoms with Gasteiger partial charge >= 0.3 is 6.18 Å². The summed E-state index contributed by atoms with van der Waals surface area (Å²) in [6, 6.07) is 5.00. The lowest BCUT2D eigenvalue weighted by atomic mass is 10.1. The number of nitrogens with one attached hydrogen (secondary N) is 1. The van der Waals surface area contributed by atoms with Gasteiger partial charge in [-0.25, -0.2) is 4.98 Å². The fourth-order valence-corrected chi connectivity index (χ4v) is 2.56. The Labute approximate surface area is 146 Å². The predicted octanol–water partition coefficient (Wildman–Crippen LogP) is 4.37. The zero-order valence-corrected chi connectivity index (χ0v) is 14.1. The average molecular weight is 370 g/mol. The molecule has 0 amide bonds. The van der Waals surface area contributed by atoms with E-state index >= 15 is 0 Å². The van der Waals surface area contributed by atoms with Crippen molar-refractivity contribution in [2.24, 2.45) is 0 Å². The maximum atomic E-state index is 12.6. The minimum absolute atomic E-state index is 0.0836. The monoisotopic (exact) mass is 369 g/mol. The standard InChI is InChI=1S/C16H15ClF3N5/c1-2-7-21-13-12-14(24-15(17)23-13)25(9-22-12)8-10-3-5-11(6-4-10)16(18,19)20/h3-6,9H,2,7-8H2,1H3,(H,21,23,24). The second-order valence-corrected chi connectivity index (χ2v) is 5.85. The van der Waals surface area contributed by atoms with E-state index in [0.717, 1.165) is 18.6 Å². The van der Waals surface area contributed by atoms with E-state index in [2.05, 4.69) is 20.3 Å². The molecule has 3 rings (SSSR count). The van der Waals surface area contributed by atoms with Crippen molar-refractivity contribution in [2.75, 3.05) is 11.9 Å². The number of alkyl halides is 3. The van der Waals surface area contributed by atoms with Gasteiger partial charge in [0.1, 0.15) is 0 Å². The van der Waals surface area contributed by atoms with Crippen LogP contribution in [0.2, 0.25) is 5.28 Å². The highest BCUT2D eigenvalue weighted by molar-refractivity contribution is 6.28. The first-order valence-corrected chi connectivity index (χ1v) is 8.04. The van der Waals surface area contributed by atoms with Crippen LogP contribution in [0.25, 0.3) is 11.2 Å². The Hall–Kier alpha value is -2.35. The highest BCUT2D eigenvalue weighted by Crippen LogP contribution is 2.29. The summed E-state index contributed by atoms with van der Waals surface area (Å²) in [5, 5.41) is 3.23. The Morgan fingerprint density at radius 3 is 2.52 bits per heavy atom. The minimum Gasteiger partial charge on any atom is -0.368 e.